The van der Waals surface area contributed by atoms with Crippen LogP contribution in [0.4, 0.5) is 15.8 Å². The largest absolute Gasteiger partial charge is 0.478 e. The number of carboxylic acids is 1. The van der Waals surface area contributed by atoms with Crippen LogP contribution >= 0.6 is 0 Å². The molecule has 3 aromatic carbocycles. The maximum absolute atomic E-state index is 14.4. The number of aromatic carboxylic acids is 1. The number of nitrogens with zero attached hydrogens (tertiary/aromatic N) is 3. The fourth-order valence-electron chi connectivity index (χ4n) is 7.05. The van der Waals surface area contributed by atoms with Gasteiger partial charge in [0.1, 0.15) is 5.82 Å². The molecule has 48 heavy (non-hydrogen) atoms. The van der Waals surface area contributed by atoms with Crippen molar-refractivity contribution in [2.24, 2.45) is 0 Å². The zero-order valence-electron chi connectivity index (χ0n) is 27.7. The summed E-state index contributed by atoms with van der Waals surface area (Å²) < 4.78 is 19.2. The van der Waals surface area contributed by atoms with Crippen LogP contribution in [-0.4, -0.2) is 103 Å². The highest BCUT2D eigenvalue weighted by Crippen LogP contribution is 2.42. The molecule has 3 aliphatic heterocycles. The minimum absolute atomic E-state index is 0.0772. The Labute approximate surface area is 280 Å². The highest BCUT2D eigenvalue weighted by atomic mass is 19.1. The number of amides is 2. The van der Waals surface area contributed by atoms with Crippen LogP contribution in [0.5, 0.6) is 0 Å². The van der Waals surface area contributed by atoms with Crippen LogP contribution in [0.2, 0.25) is 0 Å². The van der Waals surface area contributed by atoms with Gasteiger partial charge in [0.25, 0.3) is 0 Å². The van der Waals surface area contributed by atoms with Gasteiger partial charge >= 0.3 is 5.97 Å². The number of hydrogen-bond donors (Lipinski definition) is 3. The summed E-state index contributed by atoms with van der Waals surface area (Å²) >= 11 is 0. The first-order chi connectivity index (χ1) is 23.0. The zero-order valence-corrected chi connectivity index (χ0v) is 27.7. The lowest BCUT2D eigenvalue weighted by molar-refractivity contribution is -0.122. The number of carboxylic acid groups (broad SMARTS) is 1. The van der Waals surface area contributed by atoms with Crippen LogP contribution in [0.1, 0.15) is 47.8 Å². The fraction of sp³-hybridized carbons (Fsp3) is 0.432. The van der Waals surface area contributed by atoms with Crippen molar-refractivity contribution in [3.8, 4) is 0 Å². The zero-order chi connectivity index (χ0) is 34.0. The molecule has 2 unspecified atom stereocenters. The number of carbonyl (C=O) groups excluding carboxylic acids is 2. The van der Waals surface area contributed by atoms with Gasteiger partial charge < -0.3 is 25.4 Å². The normalized spacial score (nSPS) is 24.7. The fourth-order valence-corrected chi connectivity index (χ4v) is 7.05. The van der Waals surface area contributed by atoms with Crippen molar-refractivity contribution in [2.45, 2.75) is 50.7 Å². The second-order valence-electron chi connectivity index (χ2n) is 13.6. The predicted octanol–water partition coefficient (Wildman–Crippen LogP) is 3.74. The van der Waals surface area contributed by atoms with Crippen molar-refractivity contribution in [1.29, 1.82) is 0 Å². The van der Waals surface area contributed by atoms with Crippen molar-refractivity contribution >= 4 is 29.2 Å². The Kier molecular flexibility index (Phi) is 9.93. The summed E-state index contributed by atoms with van der Waals surface area (Å²) in [6, 6.07) is 18.9. The van der Waals surface area contributed by atoms with Crippen LogP contribution in [0.25, 0.3) is 0 Å². The average Bonchev–Trinajstić information content (AvgIpc) is 3.37. The molecule has 3 aliphatic rings. The standard InChI is InChI=1S/C37H44FN5O5/c1-24-19-42(31(18-39-24)20-41-14-15-48-22-25(41)2)21-34(44)43-23-37(3,36(47)40-30-11-7-28(8-12-30)35(45)46)32-13-6-27(17-33(32)43)16-26-4-9-29(38)10-5-26/h4-13,17,24-25,31,39H,14-16,18-23H2,1-3H3,(H,40,47)(H,45,46)/t24-,25?,31-,37?/m1/s1. The number of carbonyl (C=O) groups is 3. The monoisotopic (exact) mass is 657 g/mol. The van der Waals surface area contributed by atoms with Gasteiger partial charge in [-0.2, -0.15) is 0 Å². The van der Waals surface area contributed by atoms with Gasteiger partial charge in [-0.1, -0.05) is 24.3 Å². The summed E-state index contributed by atoms with van der Waals surface area (Å²) in [7, 11) is 0. The Balaban J connectivity index is 1.27. The van der Waals surface area contributed by atoms with E-state index in [-0.39, 0.29) is 48.4 Å². The molecule has 4 atom stereocenters. The Bertz CT molecular complexity index is 1650. The number of nitrogens with one attached hydrogen (secondary N) is 2. The van der Waals surface area contributed by atoms with E-state index >= 15 is 0 Å². The summed E-state index contributed by atoms with van der Waals surface area (Å²) in [5.41, 5.74) is 2.85. The van der Waals surface area contributed by atoms with E-state index in [4.69, 9.17) is 4.74 Å². The lowest BCUT2D eigenvalue weighted by Crippen LogP contribution is -2.62. The second-order valence-corrected chi connectivity index (χ2v) is 13.6. The molecule has 3 N–H and O–H groups in total. The number of benzene rings is 3. The van der Waals surface area contributed by atoms with E-state index in [0.717, 1.165) is 42.9 Å². The molecule has 0 aromatic heterocycles. The molecule has 254 valence electrons. The Morgan fingerprint density at radius 2 is 1.75 bits per heavy atom. The van der Waals surface area contributed by atoms with E-state index in [1.165, 1.54) is 24.3 Å². The molecular weight excluding hydrogens is 613 g/mol. The molecule has 0 radical (unpaired) electrons. The Morgan fingerprint density at radius 1 is 1.02 bits per heavy atom. The van der Waals surface area contributed by atoms with Crippen LogP contribution in [-0.2, 0) is 26.2 Å². The van der Waals surface area contributed by atoms with Crippen molar-refractivity contribution in [1.82, 2.24) is 15.1 Å². The molecule has 3 aromatic rings. The molecule has 2 fully saturated rings. The van der Waals surface area contributed by atoms with Crippen LogP contribution in [0.15, 0.2) is 66.7 Å². The minimum atomic E-state index is -1.07. The Morgan fingerprint density at radius 3 is 2.46 bits per heavy atom. The van der Waals surface area contributed by atoms with E-state index in [2.05, 4.69) is 34.3 Å². The molecule has 0 bridgehead atoms. The van der Waals surface area contributed by atoms with Gasteiger partial charge in [0, 0.05) is 62.2 Å². The maximum atomic E-state index is 14.4. The number of hydrogen-bond acceptors (Lipinski definition) is 7. The Hall–Kier alpha value is -4.16. The third kappa shape index (κ3) is 7.29. The van der Waals surface area contributed by atoms with Crippen molar-refractivity contribution in [2.75, 3.05) is 62.7 Å². The number of morpholine rings is 1. The van der Waals surface area contributed by atoms with Gasteiger partial charge in [-0.05, 0) is 86.3 Å². The van der Waals surface area contributed by atoms with Crippen LogP contribution in [0, 0.1) is 5.82 Å². The van der Waals surface area contributed by atoms with Crippen LogP contribution in [0.3, 0.4) is 0 Å². The molecular formula is C37H44FN5O5. The summed E-state index contributed by atoms with van der Waals surface area (Å²) in [6.45, 7) is 11.1. The highest BCUT2D eigenvalue weighted by molar-refractivity contribution is 6.07. The van der Waals surface area contributed by atoms with Crippen molar-refractivity contribution < 1.29 is 28.6 Å². The topological polar surface area (TPSA) is 114 Å². The predicted molar refractivity (Wildman–Crippen MR) is 182 cm³/mol. The number of halogens is 1. The van der Waals surface area contributed by atoms with Crippen molar-refractivity contribution in [3.05, 3.63) is 94.8 Å². The molecule has 3 heterocycles. The first-order valence-corrected chi connectivity index (χ1v) is 16.6. The van der Waals surface area contributed by atoms with Gasteiger partial charge in [0.15, 0.2) is 0 Å². The van der Waals surface area contributed by atoms with Crippen molar-refractivity contribution in [3.63, 3.8) is 0 Å². The van der Waals surface area contributed by atoms with Crippen LogP contribution < -0.4 is 15.5 Å². The van der Waals surface area contributed by atoms with Gasteiger partial charge in [0.05, 0.1) is 30.7 Å². The molecule has 0 spiro atoms. The number of piperazine rings is 1. The quantitative estimate of drug-likeness (QED) is 0.319. The number of fused-ring (bicyclic) bond motifs is 1. The summed E-state index contributed by atoms with van der Waals surface area (Å²) in [4.78, 5) is 46.1. The van der Waals surface area contributed by atoms with E-state index in [1.807, 2.05) is 25.1 Å². The molecule has 2 saturated heterocycles. The smallest absolute Gasteiger partial charge is 0.335 e. The SMILES string of the molecule is CC1COCCN1C[C@H]1CN[C@H](C)CN1CC(=O)N1CC(C)(C(=O)Nc2ccc(C(=O)O)cc2)c2ccc(Cc3ccc(F)cc3)cc21. The number of ether oxygens (including phenoxy) is 1. The van der Waals surface area contributed by atoms with E-state index in [9.17, 15) is 23.9 Å². The van der Waals surface area contributed by atoms with E-state index < -0.39 is 11.4 Å². The summed E-state index contributed by atoms with van der Waals surface area (Å²) in [6.07, 6.45) is 0.545. The third-order valence-corrected chi connectivity index (χ3v) is 9.95. The second kappa shape index (κ2) is 14.1. The first-order valence-electron chi connectivity index (χ1n) is 16.6. The number of rotatable bonds is 9. The lowest BCUT2D eigenvalue weighted by Gasteiger charge is -2.43. The van der Waals surface area contributed by atoms with Gasteiger partial charge in [0.2, 0.25) is 11.8 Å². The lowest BCUT2D eigenvalue weighted by atomic mass is 9.83. The van der Waals surface area contributed by atoms with E-state index in [1.54, 1.807) is 29.2 Å². The average molecular weight is 658 g/mol. The molecule has 6 rings (SSSR count). The first kappa shape index (κ1) is 33.7. The van der Waals surface area contributed by atoms with Gasteiger partial charge in [-0.25, -0.2) is 9.18 Å². The maximum Gasteiger partial charge on any atom is 0.335 e. The highest BCUT2D eigenvalue weighted by Gasteiger charge is 2.47. The minimum Gasteiger partial charge on any atom is -0.478 e. The third-order valence-electron chi connectivity index (χ3n) is 9.95. The summed E-state index contributed by atoms with van der Waals surface area (Å²) in [5.74, 6) is -1.71. The molecule has 11 heteroatoms. The van der Waals surface area contributed by atoms with Gasteiger partial charge in [-0.3, -0.25) is 19.4 Å². The molecule has 10 nitrogen and oxygen atoms in total. The number of anilines is 2. The molecule has 0 saturated carbocycles. The molecule has 0 aliphatic carbocycles. The van der Waals surface area contributed by atoms with Gasteiger partial charge in [-0.15, -0.1) is 0 Å². The van der Waals surface area contributed by atoms with E-state index in [0.29, 0.717) is 37.1 Å². The summed E-state index contributed by atoms with van der Waals surface area (Å²) in [5, 5.41) is 15.8. The molecule has 2 amide bonds.